The van der Waals surface area contributed by atoms with E-state index in [1.54, 1.807) is 4.90 Å². The number of nitrogens with one attached hydrogen (secondary N) is 3. The van der Waals surface area contributed by atoms with E-state index in [1.807, 2.05) is 17.2 Å². The number of urea groups is 2. The van der Waals surface area contributed by atoms with Gasteiger partial charge in [0.1, 0.15) is 6.29 Å². The Hall–Kier alpha value is -3.70. The third-order valence-corrected chi connectivity index (χ3v) is 9.78. The zero-order valence-electron chi connectivity index (χ0n) is 25.3. The normalized spacial score (nSPS) is 21.3. The lowest BCUT2D eigenvalue weighted by molar-refractivity contribution is -0.109. The molecule has 1 unspecified atom stereocenters. The van der Waals surface area contributed by atoms with Crippen molar-refractivity contribution in [1.29, 1.82) is 0 Å². The number of benzene rings is 1. The number of nitrogens with zero attached hydrogens (tertiary/aromatic N) is 5. The van der Waals surface area contributed by atoms with E-state index in [4.69, 9.17) is 0 Å². The number of carbonyl (C=O) groups excluding carboxylic acids is 3. The Morgan fingerprint density at radius 2 is 1.98 bits per heavy atom. The summed E-state index contributed by atoms with van der Waals surface area (Å²) >= 11 is 0. The summed E-state index contributed by atoms with van der Waals surface area (Å²) in [6.45, 7) is 4.65. The molecule has 3 N–H and O–H groups in total. The highest BCUT2D eigenvalue weighted by Crippen LogP contribution is 2.28. The molecular weight excluding hydrogens is 544 g/mol. The molecule has 11 heteroatoms. The van der Waals surface area contributed by atoms with Gasteiger partial charge in [0.05, 0.1) is 17.8 Å². The van der Waals surface area contributed by atoms with Gasteiger partial charge in [-0.15, -0.1) is 0 Å². The van der Waals surface area contributed by atoms with E-state index >= 15 is 0 Å². The molecule has 230 valence electrons. The minimum atomic E-state index is -0.640. The Balaban J connectivity index is 1.07. The van der Waals surface area contributed by atoms with Crippen LogP contribution in [0.3, 0.4) is 0 Å². The Morgan fingerprint density at radius 3 is 2.74 bits per heavy atom. The lowest BCUT2D eigenvalue weighted by atomic mass is 9.96. The van der Waals surface area contributed by atoms with Crippen LogP contribution < -0.4 is 10.6 Å². The number of allylic oxidation sites excluding steroid dienone is 2. The Kier molecular flexibility index (Phi) is 8.80. The van der Waals surface area contributed by atoms with Crippen LogP contribution in [0.15, 0.2) is 41.8 Å². The number of piperidine rings is 2. The van der Waals surface area contributed by atoms with Crippen molar-refractivity contribution < 1.29 is 14.4 Å². The van der Waals surface area contributed by atoms with Crippen molar-refractivity contribution in [3.8, 4) is 0 Å². The van der Waals surface area contributed by atoms with E-state index in [-0.39, 0.29) is 18.1 Å². The molecule has 4 amide bonds. The van der Waals surface area contributed by atoms with Gasteiger partial charge in [0.15, 0.2) is 0 Å². The van der Waals surface area contributed by atoms with E-state index < -0.39 is 6.04 Å². The summed E-state index contributed by atoms with van der Waals surface area (Å²) < 4.78 is 0. The van der Waals surface area contributed by atoms with E-state index in [1.165, 1.54) is 5.57 Å². The number of aldehydes is 1. The summed E-state index contributed by atoms with van der Waals surface area (Å²) in [5.74, 6) is 0. The highest BCUT2D eigenvalue weighted by Gasteiger charge is 2.34. The van der Waals surface area contributed by atoms with Crippen LogP contribution in [0.2, 0.25) is 0 Å². The molecule has 2 aromatic rings. The number of rotatable bonds is 8. The molecule has 1 atom stereocenters. The third kappa shape index (κ3) is 6.47. The molecule has 3 aliphatic heterocycles. The molecule has 1 aromatic carbocycles. The SMILES string of the molecule is CN1CCC(N(C)Cc2c(CC(C=O)NC(=O)N3CCC(N4CC5=C(CCC=C5)NC4=O)CC3)ccc3[nH]ncc23)CC1. The van der Waals surface area contributed by atoms with Crippen LogP contribution in [0.25, 0.3) is 10.9 Å². The molecule has 0 bridgehead atoms. The second kappa shape index (κ2) is 12.9. The molecule has 43 heavy (non-hydrogen) atoms. The van der Waals surface area contributed by atoms with Gasteiger partial charge in [0, 0.05) is 49.3 Å². The summed E-state index contributed by atoms with van der Waals surface area (Å²) in [6, 6.07) is 3.74. The first kappa shape index (κ1) is 29.4. The largest absolute Gasteiger partial charge is 0.328 e. The summed E-state index contributed by atoms with van der Waals surface area (Å²) in [4.78, 5) is 46.8. The van der Waals surface area contributed by atoms with Gasteiger partial charge in [0.2, 0.25) is 0 Å². The summed E-state index contributed by atoms with van der Waals surface area (Å²) in [5, 5.41) is 14.5. The van der Waals surface area contributed by atoms with Crippen LogP contribution >= 0.6 is 0 Å². The quantitative estimate of drug-likeness (QED) is 0.409. The van der Waals surface area contributed by atoms with Gasteiger partial charge in [-0.25, -0.2) is 9.59 Å². The minimum Gasteiger partial charge on any atom is -0.328 e. The first-order chi connectivity index (χ1) is 20.9. The number of aromatic nitrogens is 2. The standard InChI is InChI=1S/C32H44N8O3/c1-37-13-9-25(10-14-37)38(2)20-28-22(7-8-30-27(28)18-33-36-30)17-24(21-41)34-31(42)39-15-11-26(12-16-39)40-19-23-5-3-4-6-29(23)35-32(40)43/h3,5,7-8,18,21,24-26H,4,6,9-17,19-20H2,1-2H3,(H,33,36)(H,34,42)(H,35,43). The van der Waals surface area contributed by atoms with Gasteiger partial charge >= 0.3 is 12.1 Å². The highest BCUT2D eigenvalue weighted by molar-refractivity contribution is 5.84. The minimum absolute atomic E-state index is 0.0372. The number of hydrogen-bond acceptors (Lipinski definition) is 6. The maximum Gasteiger partial charge on any atom is 0.322 e. The van der Waals surface area contributed by atoms with Crippen molar-refractivity contribution in [1.82, 2.24) is 40.4 Å². The first-order valence-corrected chi connectivity index (χ1v) is 15.7. The summed E-state index contributed by atoms with van der Waals surface area (Å²) in [7, 11) is 4.35. The fourth-order valence-corrected chi connectivity index (χ4v) is 7.07. The zero-order valence-corrected chi connectivity index (χ0v) is 25.3. The molecule has 4 aliphatic rings. The van der Waals surface area contributed by atoms with Crippen LogP contribution in [0.1, 0.15) is 49.7 Å². The van der Waals surface area contributed by atoms with Crippen molar-refractivity contribution >= 4 is 29.3 Å². The predicted octanol–water partition coefficient (Wildman–Crippen LogP) is 3.00. The van der Waals surface area contributed by atoms with Gasteiger partial charge in [-0.2, -0.15) is 5.10 Å². The van der Waals surface area contributed by atoms with Crippen LogP contribution in [0, 0.1) is 0 Å². The molecular formula is C32H44N8O3. The van der Waals surface area contributed by atoms with Crippen molar-refractivity contribution in [3.63, 3.8) is 0 Å². The number of fused-ring (bicyclic) bond motifs is 1. The molecule has 4 heterocycles. The lowest BCUT2D eigenvalue weighted by Crippen LogP contribution is -2.56. The van der Waals surface area contributed by atoms with Gasteiger partial charge in [-0.1, -0.05) is 18.2 Å². The maximum absolute atomic E-state index is 13.3. The Morgan fingerprint density at radius 1 is 1.19 bits per heavy atom. The molecule has 0 saturated carbocycles. The third-order valence-electron chi connectivity index (χ3n) is 9.78. The van der Waals surface area contributed by atoms with E-state index in [0.717, 1.165) is 79.3 Å². The van der Waals surface area contributed by atoms with Crippen molar-refractivity contribution in [2.24, 2.45) is 0 Å². The number of likely N-dealkylation sites (tertiary alicyclic amines) is 2. The Labute approximate surface area is 253 Å². The van der Waals surface area contributed by atoms with Crippen molar-refractivity contribution in [2.45, 2.75) is 69.6 Å². The molecule has 2 fully saturated rings. The Bertz CT molecular complexity index is 1400. The second-order valence-corrected chi connectivity index (χ2v) is 12.6. The van der Waals surface area contributed by atoms with Gasteiger partial charge in [0.25, 0.3) is 0 Å². The van der Waals surface area contributed by atoms with Crippen LogP contribution in [0.4, 0.5) is 9.59 Å². The maximum atomic E-state index is 13.3. The van der Waals surface area contributed by atoms with Crippen molar-refractivity contribution in [2.75, 3.05) is 46.8 Å². The molecule has 2 saturated heterocycles. The fraction of sp³-hybridized carbons (Fsp3) is 0.562. The predicted molar refractivity (Wildman–Crippen MR) is 165 cm³/mol. The van der Waals surface area contributed by atoms with E-state index in [2.05, 4.69) is 62.9 Å². The smallest absolute Gasteiger partial charge is 0.322 e. The second-order valence-electron chi connectivity index (χ2n) is 12.6. The van der Waals surface area contributed by atoms with Crippen LogP contribution in [-0.4, -0.2) is 113 Å². The number of hydrogen-bond donors (Lipinski definition) is 3. The molecule has 6 rings (SSSR count). The highest BCUT2D eigenvalue weighted by atomic mass is 16.2. The average molecular weight is 589 g/mol. The zero-order chi connectivity index (χ0) is 29.9. The van der Waals surface area contributed by atoms with Gasteiger partial charge in [-0.05, 0) is 94.9 Å². The molecule has 0 radical (unpaired) electrons. The van der Waals surface area contributed by atoms with E-state index in [0.29, 0.717) is 44.9 Å². The molecule has 1 aliphatic carbocycles. The van der Waals surface area contributed by atoms with Gasteiger partial charge < -0.3 is 30.1 Å². The number of amides is 4. The van der Waals surface area contributed by atoms with Crippen LogP contribution in [-0.2, 0) is 17.8 Å². The average Bonchev–Trinajstić information content (AvgIpc) is 3.51. The monoisotopic (exact) mass is 588 g/mol. The molecule has 11 nitrogen and oxygen atoms in total. The topological polar surface area (TPSA) is 117 Å². The summed E-state index contributed by atoms with van der Waals surface area (Å²) in [6.07, 6.45) is 12.9. The number of H-pyrrole nitrogens is 1. The van der Waals surface area contributed by atoms with Gasteiger partial charge in [-0.3, -0.25) is 10.00 Å². The van der Waals surface area contributed by atoms with Crippen LogP contribution in [0.5, 0.6) is 0 Å². The molecule has 1 aromatic heterocycles. The lowest BCUT2D eigenvalue weighted by Gasteiger charge is -2.41. The van der Waals surface area contributed by atoms with E-state index in [9.17, 15) is 14.4 Å². The molecule has 0 spiro atoms. The van der Waals surface area contributed by atoms with Crippen molar-refractivity contribution in [3.05, 3.63) is 52.9 Å². The summed E-state index contributed by atoms with van der Waals surface area (Å²) in [5.41, 5.74) is 5.40. The number of aromatic amines is 1. The number of carbonyl (C=O) groups is 3. The fourth-order valence-electron chi connectivity index (χ4n) is 7.07. The first-order valence-electron chi connectivity index (χ1n) is 15.7.